The lowest BCUT2D eigenvalue weighted by molar-refractivity contribution is -0.281. The maximum Gasteiger partial charge on any atom is 0.432 e. The SMILES string of the molecule is [C-]#[N+]C(C)(C)C[C@@H]1C[C@H](C)[C@H]2CC[C@H](C)[C@@]3([N+]#[C-])CC[C@@H](OC(=O)[C@@](OC)(c4ccccc4)C(F)(F)F)[C@@H]1[C@H]23. The summed E-state index contributed by atoms with van der Waals surface area (Å²) in [5, 5.41) is 0. The van der Waals surface area contributed by atoms with Crippen LogP contribution >= 0.6 is 0 Å². The smallest absolute Gasteiger partial charge is 0.432 e. The lowest BCUT2D eigenvalue weighted by Crippen LogP contribution is -2.63. The highest BCUT2D eigenvalue weighted by Gasteiger charge is 2.69. The van der Waals surface area contributed by atoms with Crippen LogP contribution in [0.25, 0.3) is 9.69 Å². The molecule has 212 valence electrons. The van der Waals surface area contributed by atoms with E-state index in [-0.39, 0.29) is 35.2 Å². The minimum absolute atomic E-state index is 0.0468. The molecule has 3 fully saturated rings. The molecule has 0 bridgehead atoms. The van der Waals surface area contributed by atoms with Gasteiger partial charge in [-0.2, -0.15) is 13.2 Å². The number of alkyl halides is 3. The van der Waals surface area contributed by atoms with Gasteiger partial charge in [0.1, 0.15) is 6.10 Å². The van der Waals surface area contributed by atoms with Crippen LogP contribution in [0.15, 0.2) is 30.3 Å². The topological polar surface area (TPSA) is 44.2 Å². The molecule has 3 saturated carbocycles. The quantitative estimate of drug-likeness (QED) is 0.276. The van der Waals surface area contributed by atoms with Gasteiger partial charge in [-0.05, 0) is 43.4 Å². The highest BCUT2D eigenvalue weighted by molar-refractivity contribution is 5.83. The van der Waals surface area contributed by atoms with E-state index >= 15 is 0 Å². The zero-order chi connectivity index (χ0) is 28.8. The fourth-order valence-electron chi connectivity index (χ4n) is 8.34. The van der Waals surface area contributed by atoms with Crippen LogP contribution in [0, 0.1) is 48.7 Å². The van der Waals surface area contributed by atoms with Crippen molar-refractivity contribution in [2.24, 2.45) is 35.5 Å². The molecule has 1 aromatic rings. The van der Waals surface area contributed by atoms with Crippen LogP contribution in [-0.2, 0) is 19.9 Å². The lowest BCUT2D eigenvalue weighted by atomic mass is 9.45. The predicted molar refractivity (Wildman–Crippen MR) is 141 cm³/mol. The fraction of sp³-hybridized carbons (Fsp3) is 0.710. The second-order valence-corrected chi connectivity index (χ2v) is 12.7. The van der Waals surface area contributed by atoms with E-state index in [0.717, 1.165) is 26.4 Å². The van der Waals surface area contributed by atoms with Gasteiger partial charge < -0.3 is 19.2 Å². The molecule has 0 aromatic heterocycles. The summed E-state index contributed by atoms with van der Waals surface area (Å²) in [6.07, 6.45) is -1.80. The van der Waals surface area contributed by atoms with Gasteiger partial charge in [-0.25, -0.2) is 17.9 Å². The Kier molecular flexibility index (Phi) is 7.87. The minimum Gasteiger partial charge on any atom is -0.459 e. The Morgan fingerprint density at radius 3 is 2.33 bits per heavy atom. The number of halogens is 3. The molecule has 0 aliphatic heterocycles. The van der Waals surface area contributed by atoms with Gasteiger partial charge in [-0.3, -0.25) is 0 Å². The van der Waals surface area contributed by atoms with E-state index in [1.807, 2.05) is 13.8 Å². The van der Waals surface area contributed by atoms with Gasteiger partial charge in [0.15, 0.2) is 0 Å². The molecule has 0 radical (unpaired) electrons. The van der Waals surface area contributed by atoms with Crippen LogP contribution in [0.4, 0.5) is 13.2 Å². The Labute approximate surface area is 230 Å². The largest absolute Gasteiger partial charge is 0.459 e. The van der Waals surface area contributed by atoms with Crippen LogP contribution in [0.3, 0.4) is 0 Å². The third-order valence-corrected chi connectivity index (χ3v) is 10.2. The Hall–Kier alpha value is -2.58. The first kappa shape index (κ1) is 29.4. The van der Waals surface area contributed by atoms with Gasteiger partial charge in [0, 0.05) is 57.1 Å². The summed E-state index contributed by atoms with van der Waals surface area (Å²) >= 11 is 0. The van der Waals surface area contributed by atoms with E-state index in [0.29, 0.717) is 25.2 Å². The van der Waals surface area contributed by atoms with Crippen molar-refractivity contribution in [2.75, 3.05) is 7.11 Å². The standard InChI is InChI=1S/C31H39F3N2O3/c1-19-17-21(18-28(3,4)35-5)25-24(15-16-29(36-6)20(2)13-14-23(19)26(25)29)39-27(37)30(38-7,31(32,33)34)22-11-9-8-10-12-22/h8-12,19-21,23-26H,13-18H2,1-4,7H3/t19-,20-,21-,23+,24+,25+,26-,29-,30-/m0/s1. The average Bonchev–Trinajstić information content (AvgIpc) is 2.88. The summed E-state index contributed by atoms with van der Waals surface area (Å²) in [5.41, 5.74) is -4.89. The van der Waals surface area contributed by atoms with E-state index in [2.05, 4.69) is 23.5 Å². The number of carbonyl (C=O) groups is 1. The Morgan fingerprint density at radius 2 is 1.77 bits per heavy atom. The molecule has 0 unspecified atom stereocenters. The van der Waals surface area contributed by atoms with E-state index in [9.17, 15) is 18.0 Å². The van der Waals surface area contributed by atoms with E-state index in [1.165, 1.54) is 24.3 Å². The monoisotopic (exact) mass is 544 g/mol. The molecule has 0 amide bonds. The van der Waals surface area contributed by atoms with E-state index in [4.69, 9.17) is 22.6 Å². The average molecular weight is 545 g/mol. The molecule has 8 heteroatoms. The molecule has 5 nitrogen and oxygen atoms in total. The molecule has 3 aliphatic carbocycles. The number of carbonyl (C=O) groups excluding carboxylic acids is 1. The van der Waals surface area contributed by atoms with Crippen molar-refractivity contribution in [3.8, 4) is 0 Å². The van der Waals surface area contributed by atoms with Crippen LogP contribution < -0.4 is 0 Å². The van der Waals surface area contributed by atoms with Gasteiger partial charge in [0.2, 0.25) is 11.1 Å². The predicted octanol–water partition coefficient (Wildman–Crippen LogP) is 7.48. The number of esters is 1. The number of benzene rings is 1. The summed E-state index contributed by atoms with van der Waals surface area (Å²) in [6.45, 7) is 24.1. The zero-order valence-corrected chi connectivity index (χ0v) is 23.4. The molecular formula is C31H39F3N2O3. The van der Waals surface area contributed by atoms with Crippen molar-refractivity contribution >= 4 is 5.97 Å². The fourth-order valence-corrected chi connectivity index (χ4v) is 8.34. The Balaban J connectivity index is 1.79. The molecule has 0 N–H and O–H groups in total. The lowest BCUT2D eigenvalue weighted by Gasteiger charge is -2.58. The second kappa shape index (κ2) is 10.4. The number of hydrogen-bond acceptors (Lipinski definition) is 3. The summed E-state index contributed by atoms with van der Waals surface area (Å²) < 4.78 is 54.9. The van der Waals surface area contributed by atoms with Gasteiger partial charge in [0.25, 0.3) is 5.60 Å². The highest BCUT2D eigenvalue weighted by atomic mass is 19.4. The van der Waals surface area contributed by atoms with Crippen molar-refractivity contribution in [3.05, 3.63) is 58.7 Å². The molecule has 39 heavy (non-hydrogen) atoms. The number of ether oxygens (including phenoxy) is 2. The summed E-state index contributed by atoms with van der Waals surface area (Å²) in [5.74, 6) is -1.20. The zero-order valence-electron chi connectivity index (χ0n) is 23.4. The number of methoxy groups -OCH3 is 1. The van der Waals surface area contributed by atoms with Crippen LogP contribution in [0.5, 0.6) is 0 Å². The van der Waals surface area contributed by atoms with Gasteiger partial charge in [0.05, 0.1) is 0 Å². The van der Waals surface area contributed by atoms with Crippen LogP contribution in [0.1, 0.15) is 71.8 Å². The first-order valence-electron chi connectivity index (χ1n) is 13.9. The number of rotatable bonds is 6. The summed E-state index contributed by atoms with van der Waals surface area (Å²) in [7, 11) is 0.884. The van der Waals surface area contributed by atoms with Gasteiger partial charge in [-0.1, -0.05) is 44.2 Å². The molecule has 0 saturated heterocycles. The third-order valence-electron chi connectivity index (χ3n) is 10.2. The van der Waals surface area contributed by atoms with Gasteiger partial charge in [-0.15, -0.1) is 0 Å². The van der Waals surface area contributed by atoms with Crippen molar-refractivity contribution < 1.29 is 27.4 Å². The molecule has 1 aromatic carbocycles. The highest BCUT2D eigenvalue weighted by Crippen LogP contribution is 2.62. The van der Waals surface area contributed by atoms with Crippen molar-refractivity contribution in [1.29, 1.82) is 0 Å². The molecular weight excluding hydrogens is 505 g/mol. The Bertz CT molecular complexity index is 1140. The van der Waals surface area contributed by atoms with E-state index < -0.39 is 34.9 Å². The number of nitrogens with zero attached hydrogens (tertiary/aromatic N) is 2. The number of hydrogen-bond donors (Lipinski definition) is 0. The van der Waals surface area contributed by atoms with Crippen LogP contribution in [-0.4, -0.2) is 36.4 Å². The third kappa shape index (κ3) is 4.73. The molecule has 3 aliphatic rings. The van der Waals surface area contributed by atoms with Gasteiger partial charge >= 0.3 is 12.1 Å². The van der Waals surface area contributed by atoms with Crippen LogP contribution in [0.2, 0.25) is 0 Å². The first-order valence-corrected chi connectivity index (χ1v) is 13.9. The molecule has 0 heterocycles. The normalized spacial score (nSPS) is 36.0. The van der Waals surface area contributed by atoms with Crippen molar-refractivity contribution in [3.63, 3.8) is 0 Å². The maximum absolute atomic E-state index is 14.7. The minimum atomic E-state index is -5.05. The maximum atomic E-state index is 14.7. The first-order chi connectivity index (χ1) is 18.3. The Morgan fingerprint density at radius 1 is 1.10 bits per heavy atom. The molecule has 4 rings (SSSR count). The van der Waals surface area contributed by atoms with E-state index in [1.54, 1.807) is 6.07 Å². The van der Waals surface area contributed by atoms with Crippen molar-refractivity contribution in [2.45, 2.75) is 95.2 Å². The molecule has 0 spiro atoms. The molecule has 9 atom stereocenters. The summed E-state index contributed by atoms with van der Waals surface area (Å²) in [4.78, 5) is 21.8. The summed E-state index contributed by atoms with van der Waals surface area (Å²) in [6, 6.07) is 6.91. The second-order valence-electron chi connectivity index (χ2n) is 12.7. The van der Waals surface area contributed by atoms with Crippen molar-refractivity contribution in [1.82, 2.24) is 0 Å².